The lowest BCUT2D eigenvalue weighted by atomic mass is 10.2. The van der Waals surface area contributed by atoms with Gasteiger partial charge in [-0.15, -0.1) is 11.3 Å². The Balaban J connectivity index is 2.32. The second kappa shape index (κ2) is 7.02. The van der Waals surface area contributed by atoms with Gasteiger partial charge in [-0.05, 0) is 23.1 Å². The molecular weight excluding hydrogens is 320 g/mol. The number of rotatable bonds is 6. The molecule has 1 amide bonds. The minimum atomic E-state index is -3.57. The van der Waals surface area contributed by atoms with E-state index in [0.717, 1.165) is 0 Å². The van der Waals surface area contributed by atoms with Crippen molar-refractivity contribution in [1.82, 2.24) is 10.3 Å². The van der Waals surface area contributed by atoms with Crippen molar-refractivity contribution >= 4 is 27.1 Å². The molecule has 2 rings (SSSR count). The summed E-state index contributed by atoms with van der Waals surface area (Å²) in [7, 11) is -3.57. The van der Waals surface area contributed by atoms with E-state index < -0.39 is 15.1 Å². The van der Waals surface area contributed by atoms with Gasteiger partial charge in [0.1, 0.15) is 9.46 Å². The van der Waals surface area contributed by atoms with Crippen molar-refractivity contribution in [1.29, 1.82) is 0 Å². The molecule has 1 atom stereocenters. The second-order valence-corrected chi connectivity index (χ2v) is 8.46. The predicted molar refractivity (Wildman–Crippen MR) is 86.3 cm³/mol. The maximum atomic E-state index is 12.8. The summed E-state index contributed by atoms with van der Waals surface area (Å²) in [5, 5.41) is 3.58. The molecule has 0 aliphatic carbocycles. The quantitative estimate of drug-likeness (QED) is 0.877. The predicted octanol–water partition coefficient (Wildman–Crippen LogP) is 2.43. The van der Waals surface area contributed by atoms with Crippen LogP contribution in [0.5, 0.6) is 0 Å². The molecule has 5 nitrogen and oxygen atoms in total. The molecule has 0 saturated heterocycles. The molecule has 0 fully saturated rings. The largest absolute Gasteiger partial charge is 0.354 e. The third kappa shape index (κ3) is 3.72. The van der Waals surface area contributed by atoms with Crippen LogP contribution >= 0.6 is 11.3 Å². The fraction of sp³-hybridized carbons (Fsp3) is 0.333. The average Bonchev–Trinajstić information content (AvgIpc) is 3.03. The molecule has 0 aliphatic rings. The summed E-state index contributed by atoms with van der Waals surface area (Å²) in [4.78, 5) is 15.8. The molecular formula is C15H18N2O3S2. The zero-order valence-corrected chi connectivity index (χ0v) is 14.0. The molecule has 118 valence electrons. The number of sulfone groups is 1. The fourth-order valence-corrected chi connectivity index (χ4v) is 4.79. The first-order chi connectivity index (χ1) is 10.4. The summed E-state index contributed by atoms with van der Waals surface area (Å²) in [6, 6.07) is 6.68. The summed E-state index contributed by atoms with van der Waals surface area (Å²) in [5.41, 5.74) is 0.569. The van der Waals surface area contributed by atoms with Crippen LogP contribution in [0.4, 0.5) is 0 Å². The number of nitrogens with one attached hydrogen (secondary N) is 1. The van der Waals surface area contributed by atoms with Crippen LogP contribution in [0.15, 0.2) is 46.2 Å². The molecule has 0 aliphatic heterocycles. The van der Waals surface area contributed by atoms with Gasteiger partial charge in [0.05, 0.1) is 0 Å². The number of carbonyl (C=O) groups excluding carboxylic acids is 1. The number of nitrogens with zero attached hydrogens (tertiary/aromatic N) is 1. The molecule has 0 saturated carbocycles. The lowest BCUT2D eigenvalue weighted by Gasteiger charge is -2.18. The highest BCUT2D eigenvalue weighted by atomic mass is 32.2. The Morgan fingerprint density at radius 3 is 2.64 bits per heavy atom. The van der Waals surface area contributed by atoms with E-state index in [2.05, 4.69) is 10.3 Å². The molecule has 0 aromatic carbocycles. The number of hydrogen-bond donors (Lipinski definition) is 1. The second-order valence-electron chi connectivity index (χ2n) is 5.15. The molecule has 0 unspecified atom stereocenters. The van der Waals surface area contributed by atoms with E-state index in [4.69, 9.17) is 0 Å². The summed E-state index contributed by atoms with van der Waals surface area (Å²) in [5.74, 6) is -0.366. The highest BCUT2D eigenvalue weighted by molar-refractivity contribution is 7.93. The third-order valence-corrected chi connectivity index (χ3v) is 6.72. The molecule has 7 heteroatoms. The summed E-state index contributed by atoms with van der Waals surface area (Å²) < 4.78 is 25.9. The minimum absolute atomic E-state index is 0.0307. The van der Waals surface area contributed by atoms with Gasteiger partial charge in [0.25, 0.3) is 0 Å². The zero-order chi connectivity index (χ0) is 16.2. The Hall–Kier alpha value is -1.73. The van der Waals surface area contributed by atoms with E-state index in [9.17, 15) is 13.2 Å². The fourth-order valence-electron chi connectivity index (χ4n) is 1.94. The number of hydrogen-bond acceptors (Lipinski definition) is 5. The van der Waals surface area contributed by atoms with Crippen molar-refractivity contribution in [2.75, 3.05) is 6.54 Å². The highest BCUT2D eigenvalue weighted by Crippen LogP contribution is 2.30. The monoisotopic (exact) mass is 338 g/mol. The Bertz CT molecular complexity index is 711. The molecule has 2 aromatic heterocycles. The van der Waals surface area contributed by atoms with Crippen LogP contribution in [-0.2, 0) is 14.6 Å². The first-order valence-electron chi connectivity index (χ1n) is 6.88. The lowest BCUT2D eigenvalue weighted by Crippen LogP contribution is -2.34. The van der Waals surface area contributed by atoms with Crippen LogP contribution in [0.2, 0.25) is 0 Å². The Kier molecular flexibility index (Phi) is 5.31. The highest BCUT2D eigenvalue weighted by Gasteiger charge is 2.30. The number of aromatic nitrogens is 1. The Morgan fingerprint density at radius 2 is 2.09 bits per heavy atom. The molecule has 1 N–H and O–H groups in total. The van der Waals surface area contributed by atoms with E-state index >= 15 is 0 Å². The SMILES string of the molecule is CC(C)C(=O)NC[C@@H](c1cccnc1)S(=O)(=O)c1cccs1. The maximum absolute atomic E-state index is 12.8. The van der Waals surface area contributed by atoms with Gasteiger partial charge >= 0.3 is 0 Å². The van der Waals surface area contributed by atoms with Crippen molar-refractivity contribution in [3.8, 4) is 0 Å². The molecule has 0 bridgehead atoms. The van der Waals surface area contributed by atoms with E-state index in [1.807, 2.05) is 0 Å². The number of thiophene rings is 1. The van der Waals surface area contributed by atoms with Crippen molar-refractivity contribution < 1.29 is 13.2 Å². The van der Waals surface area contributed by atoms with Gasteiger partial charge < -0.3 is 5.32 Å². The van der Waals surface area contributed by atoms with Gasteiger partial charge in [-0.1, -0.05) is 26.0 Å². The van der Waals surface area contributed by atoms with E-state index in [-0.39, 0.29) is 18.4 Å². The van der Waals surface area contributed by atoms with Gasteiger partial charge in [-0.25, -0.2) is 8.42 Å². The number of carbonyl (C=O) groups is 1. The standard InChI is InChI=1S/C15H18N2O3S2/c1-11(2)15(18)17-10-13(12-5-3-7-16-9-12)22(19,20)14-6-4-8-21-14/h3-9,11,13H,10H2,1-2H3,(H,17,18)/t13-/m0/s1. The Labute approximate surface area is 134 Å². The topological polar surface area (TPSA) is 76.1 Å². The van der Waals surface area contributed by atoms with Gasteiger partial charge in [0, 0.05) is 24.9 Å². The number of pyridine rings is 1. The lowest BCUT2D eigenvalue weighted by molar-refractivity contribution is -0.123. The van der Waals surface area contributed by atoms with Gasteiger partial charge in [-0.3, -0.25) is 9.78 Å². The number of amides is 1. The molecule has 0 spiro atoms. The van der Waals surface area contributed by atoms with Crippen LogP contribution in [0, 0.1) is 5.92 Å². The van der Waals surface area contributed by atoms with Crippen LogP contribution in [0.25, 0.3) is 0 Å². The van der Waals surface area contributed by atoms with Crippen LogP contribution in [0.3, 0.4) is 0 Å². The van der Waals surface area contributed by atoms with E-state index in [1.54, 1.807) is 49.7 Å². The van der Waals surface area contributed by atoms with E-state index in [0.29, 0.717) is 9.77 Å². The summed E-state index contributed by atoms with van der Waals surface area (Å²) >= 11 is 1.17. The van der Waals surface area contributed by atoms with Crippen LogP contribution in [0.1, 0.15) is 24.7 Å². The minimum Gasteiger partial charge on any atom is -0.354 e. The molecule has 0 radical (unpaired) electrons. The van der Waals surface area contributed by atoms with Crippen LogP contribution < -0.4 is 5.32 Å². The molecule has 22 heavy (non-hydrogen) atoms. The Morgan fingerprint density at radius 1 is 1.32 bits per heavy atom. The van der Waals surface area contributed by atoms with Gasteiger partial charge in [0.2, 0.25) is 5.91 Å². The third-order valence-electron chi connectivity index (χ3n) is 3.19. The summed E-state index contributed by atoms with van der Waals surface area (Å²) in [6.45, 7) is 3.56. The van der Waals surface area contributed by atoms with Crippen molar-refractivity contribution in [3.05, 3.63) is 47.6 Å². The van der Waals surface area contributed by atoms with Crippen molar-refractivity contribution in [3.63, 3.8) is 0 Å². The molecule has 2 heterocycles. The molecule has 2 aromatic rings. The summed E-state index contributed by atoms with van der Waals surface area (Å²) in [6.07, 6.45) is 3.11. The van der Waals surface area contributed by atoms with Gasteiger partial charge in [-0.2, -0.15) is 0 Å². The normalized spacial score (nSPS) is 13.0. The van der Waals surface area contributed by atoms with Crippen molar-refractivity contribution in [2.24, 2.45) is 5.92 Å². The average molecular weight is 338 g/mol. The van der Waals surface area contributed by atoms with Crippen molar-refractivity contribution in [2.45, 2.75) is 23.3 Å². The van der Waals surface area contributed by atoms with E-state index in [1.165, 1.54) is 17.5 Å². The first kappa shape index (κ1) is 16.6. The van der Waals surface area contributed by atoms with Crippen LogP contribution in [-0.4, -0.2) is 25.9 Å². The first-order valence-corrected chi connectivity index (χ1v) is 9.30. The maximum Gasteiger partial charge on any atom is 0.222 e. The smallest absolute Gasteiger partial charge is 0.222 e. The zero-order valence-electron chi connectivity index (χ0n) is 12.4. The van der Waals surface area contributed by atoms with Gasteiger partial charge in [0.15, 0.2) is 9.84 Å².